The van der Waals surface area contributed by atoms with Crippen molar-refractivity contribution < 1.29 is 0 Å². The molecule has 12 heavy (non-hydrogen) atoms. The minimum Gasteiger partial charge on any atom is -0.319 e. The summed E-state index contributed by atoms with van der Waals surface area (Å²) in [4.78, 5) is 4.17. The molecule has 1 rings (SSSR count). The van der Waals surface area contributed by atoms with Gasteiger partial charge in [-0.3, -0.25) is 4.98 Å². The highest BCUT2D eigenvalue weighted by Gasteiger charge is 2.06. The van der Waals surface area contributed by atoms with Crippen LogP contribution in [0.2, 0.25) is 0 Å². The molecule has 0 bridgehead atoms. The van der Waals surface area contributed by atoms with Crippen LogP contribution < -0.4 is 5.73 Å². The van der Waals surface area contributed by atoms with Gasteiger partial charge in [0, 0.05) is 6.20 Å². The van der Waals surface area contributed by atoms with Crippen molar-refractivity contribution in [2.24, 2.45) is 5.73 Å². The lowest BCUT2D eigenvalue weighted by Crippen LogP contribution is -2.12. The zero-order chi connectivity index (χ0) is 9.14. The number of nitrogens with two attached hydrogens (primary N) is 1. The molecule has 0 aliphatic heterocycles. The quantitative estimate of drug-likeness (QED) is 0.675. The maximum Gasteiger partial charge on any atom is 0.0680 e. The molecule has 2 nitrogen and oxygen atoms in total. The minimum atomic E-state index is -0.134. The second-order valence-electron chi connectivity index (χ2n) is 3.08. The normalized spacial score (nSPS) is 12.6. The molecule has 0 spiro atoms. The predicted octanol–water partition coefficient (Wildman–Crippen LogP) is 1.97. The summed E-state index contributed by atoms with van der Waals surface area (Å²) in [6, 6.07) is 3.80. The molecule has 0 fully saturated rings. The number of aromatic nitrogens is 1. The van der Waals surface area contributed by atoms with E-state index < -0.39 is 0 Å². The summed E-state index contributed by atoms with van der Waals surface area (Å²) >= 11 is 0. The van der Waals surface area contributed by atoms with Gasteiger partial charge < -0.3 is 5.73 Å². The molecule has 0 aliphatic carbocycles. The SMILES string of the molecule is C=C(C)C(N)c1cc(C)ccn1. The molecular weight excluding hydrogens is 148 g/mol. The van der Waals surface area contributed by atoms with Crippen LogP contribution in [-0.4, -0.2) is 4.98 Å². The van der Waals surface area contributed by atoms with Crippen LogP contribution in [-0.2, 0) is 0 Å². The summed E-state index contributed by atoms with van der Waals surface area (Å²) in [6.07, 6.45) is 1.77. The van der Waals surface area contributed by atoms with Crippen molar-refractivity contribution in [2.75, 3.05) is 0 Å². The van der Waals surface area contributed by atoms with Gasteiger partial charge in [0.1, 0.15) is 0 Å². The van der Waals surface area contributed by atoms with E-state index in [0.717, 1.165) is 11.3 Å². The van der Waals surface area contributed by atoms with Crippen molar-refractivity contribution in [1.82, 2.24) is 4.98 Å². The third-order valence-corrected chi connectivity index (χ3v) is 1.79. The number of aryl methyl sites for hydroxylation is 1. The molecular formula is C10H14N2. The zero-order valence-corrected chi connectivity index (χ0v) is 7.54. The Morgan fingerprint density at radius 3 is 2.83 bits per heavy atom. The average molecular weight is 162 g/mol. The second kappa shape index (κ2) is 3.50. The maximum absolute atomic E-state index is 5.84. The van der Waals surface area contributed by atoms with E-state index in [1.54, 1.807) is 6.20 Å². The highest BCUT2D eigenvalue weighted by atomic mass is 14.8. The van der Waals surface area contributed by atoms with Gasteiger partial charge in [-0.2, -0.15) is 0 Å². The molecule has 2 N–H and O–H groups in total. The Balaban J connectivity index is 2.95. The Morgan fingerprint density at radius 1 is 1.67 bits per heavy atom. The topological polar surface area (TPSA) is 38.9 Å². The van der Waals surface area contributed by atoms with Crippen molar-refractivity contribution in [2.45, 2.75) is 19.9 Å². The monoisotopic (exact) mass is 162 g/mol. The van der Waals surface area contributed by atoms with E-state index in [1.807, 2.05) is 26.0 Å². The molecule has 1 unspecified atom stereocenters. The first-order valence-corrected chi connectivity index (χ1v) is 3.95. The van der Waals surface area contributed by atoms with Crippen molar-refractivity contribution in [3.05, 3.63) is 41.7 Å². The molecule has 0 saturated heterocycles. The molecule has 0 radical (unpaired) electrons. The van der Waals surface area contributed by atoms with Gasteiger partial charge in [0.2, 0.25) is 0 Å². The first kappa shape index (κ1) is 8.94. The van der Waals surface area contributed by atoms with Crippen molar-refractivity contribution in [3.63, 3.8) is 0 Å². The van der Waals surface area contributed by atoms with Gasteiger partial charge >= 0.3 is 0 Å². The summed E-state index contributed by atoms with van der Waals surface area (Å²) in [5.41, 5.74) is 8.85. The van der Waals surface area contributed by atoms with Crippen molar-refractivity contribution in [1.29, 1.82) is 0 Å². The molecule has 0 aromatic carbocycles. The molecule has 1 heterocycles. The molecule has 0 saturated carbocycles. The van der Waals surface area contributed by atoms with E-state index in [4.69, 9.17) is 5.73 Å². The van der Waals surface area contributed by atoms with Gasteiger partial charge in [-0.1, -0.05) is 12.2 Å². The fourth-order valence-electron chi connectivity index (χ4n) is 0.982. The first-order chi connectivity index (χ1) is 5.61. The van der Waals surface area contributed by atoms with E-state index >= 15 is 0 Å². The fraction of sp³-hybridized carbons (Fsp3) is 0.300. The van der Waals surface area contributed by atoms with Crippen LogP contribution in [0.1, 0.15) is 24.2 Å². The third kappa shape index (κ3) is 1.92. The Morgan fingerprint density at radius 2 is 2.33 bits per heavy atom. The second-order valence-corrected chi connectivity index (χ2v) is 3.08. The lowest BCUT2D eigenvalue weighted by molar-refractivity contribution is 0.809. The number of nitrogens with zero attached hydrogens (tertiary/aromatic N) is 1. The maximum atomic E-state index is 5.84. The van der Waals surface area contributed by atoms with Crippen LogP contribution in [0.25, 0.3) is 0 Å². The Bertz CT molecular complexity index is 292. The third-order valence-electron chi connectivity index (χ3n) is 1.79. The Labute approximate surface area is 73.1 Å². The van der Waals surface area contributed by atoms with E-state index in [-0.39, 0.29) is 6.04 Å². The molecule has 0 amide bonds. The minimum absolute atomic E-state index is 0.134. The largest absolute Gasteiger partial charge is 0.319 e. The van der Waals surface area contributed by atoms with Gasteiger partial charge in [0.15, 0.2) is 0 Å². The van der Waals surface area contributed by atoms with Crippen LogP contribution in [0.15, 0.2) is 30.5 Å². The van der Waals surface area contributed by atoms with Gasteiger partial charge in [0.25, 0.3) is 0 Å². The predicted molar refractivity (Wildman–Crippen MR) is 50.7 cm³/mol. The van der Waals surface area contributed by atoms with Crippen LogP contribution in [0.5, 0.6) is 0 Å². The summed E-state index contributed by atoms with van der Waals surface area (Å²) in [5.74, 6) is 0. The highest BCUT2D eigenvalue weighted by Crippen LogP contribution is 2.14. The molecule has 1 aromatic heterocycles. The molecule has 1 atom stereocenters. The molecule has 64 valence electrons. The Hall–Kier alpha value is -1.15. The van der Waals surface area contributed by atoms with Gasteiger partial charge in [-0.25, -0.2) is 0 Å². The zero-order valence-electron chi connectivity index (χ0n) is 7.54. The summed E-state index contributed by atoms with van der Waals surface area (Å²) in [5, 5.41) is 0. The van der Waals surface area contributed by atoms with Crippen LogP contribution >= 0.6 is 0 Å². The summed E-state index contributed by atoms with van der Waals surface area (Å²) in [6.45, 7) is 7.73. The van der Waals surface area contributed by atoms with Gasteiger partial charge in [-0.05, 0) is 31.5 Å². The lowest BCUT2D eigenvalue weighted by atomic mass is 10.1. The number of hydrogen-bond donors (Lipinski definition) is 1. The van der Waals surface area contributed by atoms with E-state index in [2.05, 4.69) is 11.6 Å². The number of rotatable bonds is 2. The van der Waals surface area contributed by atoms with Crippen molar-refractivity contribution >= 4 is 0 Å². The Kier molecular flexibility index (Phi) is 2.61. The molecule has 1 aromatic rings. The smallest absolute Gasteiger partial charge is 0.0680 e. The molecule has 0 aliphatic rings. The van der Waals surface area contributed by atoms with Crippen LogP contribution in [0.4, 0.5) is 0 Å². The fourth-order valence-corrected chi connectivity index (χ4v) is 0.982. The van der Waals surface area contributed by atoms with E-state index in [0.29, 0.717) is 0 Å². The van der Waals surface area contributed by atoms with Crippen LogP contribution in [0.3, 0.4) is 0 Å². The van der Waals surface area contributed by atoms with Gasteiger partial charge in [-0.15, -0.1) is 0 Å². The lowest BCUT2D eigenvalue weighted by Gasteiger charge is -2.10. The number of hydrogen-bond acceptors (Lipinski definition) is 2. The van der Waals surface area contributed by atoms with E-state index in [9.17, 15) is 0 Å². The van der Waals surface area contributed by atoms with E-state index in [1.165, 1.54) is 5.56 Å². The standard InChI is InChI=1S/C10H14N2/c1-7(2)10(11)9-6-8(3)4-5-12-9/h4-6,10H,1,11H2,2-3H3. The first-order valence-electron chi connectivity index (χ1n) is 3.95. The summed E-state index contributed by atoms with van der Waals surface area (Å²) in [7, 11) is 0. The highest BCUT2D eigenvalue weighted by molar-refractivity contribution is 5.22. The number of pyridine rings is 1. The van der Waals surface area contributed by atoms with Crippen molar-refractivity contribution in [3.8, 4) is 0 Å². The average Bonchev–Trinajstić information content (AvgIpc) is 2.03. The molecule has 2 heteroatoms. The summed E-state index contributed by atoms with van der Waals surface area (Å²) < 4.78 is 0. The van der Waals surface area contributed by atoms with Gasteiger partial charge in [0.05, 0.1) is 11.7 Å². The van der Waals surface area contributed by atoms with Crippen LogP contribution in [0, 0.1) is 6.92 Å².